The summed E-state index contributed by atoms with van der Waals surface area (Å²) >= 11 is 0. The summed E-state index contributed by atoms with van der Waals surface area (Å²) in [6.45, 7) is 1.55. The average Bonchev–Trinajstić information content (AvgIpc) is 2.42. The number of nitrogens with one attached hydrogen (secondary N) is 1. The summed E-state index contributed by atoms with van der Waals surface area (Å²) in [5.41, 5.74) is 0.412. The third-order valence-electron chi connectivity index (χ3n) is 3.90. The number of hydrogen-bond donors (Lipinski definition) is 2. The molecule has 1 fully saturated rings. The first-order valence-corrected chi connectivity index (χ1v) is 8.31. The first-order chi connectivity index (χ1) is 9.44. The Morgan fingerprint density at radius 3 is 2.70 bits per heavy atom. The molecule has 112 valence electrons. The number of aryl methyl sites for hydroxylation is 1. The van der Waals surface area contributed by atoms with Crippen LogP contribution in [0.3, 0.4) is 0 Å². The number of halogens is 1. The van der Waals surface area contributed by atoms with Gasteiger partial charge in [0.25, 0.3) is 0 Å². The smallest absolute Gasteiger partial charge is 0.240 e. The van der Waals surface area contributed by atoms with Gasteiger partial charge in [-0.25, -0.2) is 17.5 Å². The molecule has 1 aromatic rings. The monoisotopic (exact) mass is 301 g/mol. The van der Waals surface area contributed by atoms with Crippen LogP contribution < -0.4 is 4.72 Å². The molecule has 4 nitrogen and oxygen atoms in total. The van der Waals surface area contributed by atoms with Crippen LogP contribution in [0.4, 0.5) is 4.39 Å². The van der Waals surface area contributed by atoms with Crippen LogP contribution in [0.2, 0.25) is 0 Å². The van der Waals surface area contributed by atoms with Crippen molar-refractivity contribution in [2.24, 2.45) is 5.92 Å². The predicted octanol–water partition coefficient (Wildman–Crippen LogP) is 1.96. The van der Waals surface area contributed by atoms with E-state index >= 15 is 0 Å². The number of aliphatic hydroxyl groups excluding tert-OH is 1. The van der Waals surface area contributed by atoms with Gasteiger partial charge in [0, 0.05) is 12.6 Å². The van der Waals surface area contributed by atoms with Crippen LogP contribution in [0.5, 0.6) is 0 Å². The van der Waals surface area contributed by atoms with Gasteiger partial charge < -0.3 is 5.11 Å². The minimum atomic E-state index is -3.74. The molecule has 1 saturated carbocycles. The lowest BCUT2D eigenvalue weighted by atomic mass is 9.86. The minimum absolute atomic E-state index is 0.0323. The van der Waals surface area contributed by atoms with Crippen molar-refractivity contribution < 1.29 is 17.9 Å². The quantitative estimate of drug-likeness (QED) is 0.893. The molecule has 0 bridgehead atoms. The van der Waals surface area contributed by atoms with Gasteiger partial charge in [-0.3, -0.25) is 0 Å². The summed E-state index contributed by atoms with van der Waals surface area (Å²) in [5.74, 6) is -0.593. The van der Waals surface area contributed by atoms with Crippen LogP contribution in [0.1, 0.15) is 31.2 Å². The van der Waals surface area contributed by atoms with Crippen molar-refractivity contribution in [2.45, 2.75) is 43.5 Å². The number of sulfonamides is 1. The van der Waals surface area contributed by atoms with Crippen molar-refractivity contribution in [1.29, 1.82) is 0 Å². The molecule has 2 rings (SSSR count). The van der Waals surface area contributed by atoms with Gasteiger partial charge >= 0.3 is 0 Å². The Labute approximate surface area is 119 Å². The van der Waals surface area contributed by atoms with E-state index in [-0.39, 0.29) is 23.5 Å². The molecule has 0 saturated heterocycles. The van der Waals surface area contributed by atoms with Crippen molar-refractivity contribution in [2.75, 3.05) is 6.61 Å². The second-order valence-electron chi connectivity index (χ2n) is 5.37. The third-order valence-corrected chi connectivity index (χ3v) is 5.39. The van der Waals surface area contributed by atoms with Crippen molar-refractivity contribution >= 4 is 10.0 Å². The van der Waals surface area contributed by atoms with Gasteiger partial charge in [0.1, 0.15) is 5.82 Å². The van der Waals surface area contributed by atoms with Crippen molar-refractivity contribution in [3.63, 3.8) is 0 Å². The topological polar surface area (TPSA) is 66.4 Å². The summed E-state index contributed by atoms with van der Waals surface area (Å²) in [6, 6.07) is 3.61. The maximum absolute atomic E-state index is 13.5. The van der Waals surface area contributed by atoms with E-state index in [1.807, 2.05) is 0 Å². The zero-order valence-electron chi connectivity index (χ0n) is 11.5. The van der Waals surface area contributed by atoms with Crippen LogP contribution in [0.15, 0.2) is 23.1 Å². The number of aliphatic hydroxyl groups is 1. The molecular formula is C14H20FNO3S. The fourth-order valence-electron chi connectivity index (χ4n) is 2.59. The summed E-state index contributed by atoms with van der Waals surface area (Å²) in [4.78, 5) is -0.0668. The Balaban J connectivity index is 2.19. The van der Waals surface area contributed by atoms with E-state index in [1.54, 1.807) is 6.92 Å². The highest BCUT2D eigenvalue weighted by atomic mass is 32.2. The normalized spacial score (nSPS) is 23.8. The molecule has 0 amide bonds. The molecule has 2 N–H and O–H groups in total. The Hall–Kier alpha value is -0.980. The largest absolute Gasteiger partial charge is 0.396 e. The Morgan fingerprint density at radius 1 is 1.35 bits per heavy atom. The molecule has 0 aromatic heterocycles. The zero-order chi connectivity index (χ0) is 14.8. The van der Waals surface area contributed by atoms with E-state index in [2.05, 4.69) is 4.72 Å². The minimum Gasteiger partial charge on any atom is -0.396 e. The molecule has 20 heavy (non-hydrogen) atoms. The van der Waals surface area contributed by atoms with Crippen LogP contribution in [0.25, 0.3) is 0 Å². The fourth-order valence-corrected chi connectivity index (χ4v) is 3.94. The van der Waals surface area contributed by atoms with E-state index in [0.29, 0.717) is 12.0 Å². The van der Waals surface area contributed by atoms with Gasteiger partial charge in [-0.15, -0.1) is 0 Å². The van der Waals surface area contributed by atoms with Crippen LogP contribution in [-0.2, 0) is 10.0 Å². The first kappa shape index (κ1) is 15.4. The molecule has 1 aliphatic carbocycles. The Kier molecular flexibility index (Phi) is 4.78. The molecule has 0 heterocycles. The van der Waals surface area contributed by atoms with Crippen molar-refractivity contribution in [3.05, 3.63) is 29.6 Å². The number of benzene rings is 1. The van der Waals surface area contributed by atoms with Crippen LogP contribution in [0, 0.1) is 18.7 Å². The molecule has 0 aliphatic heterocycles. The lowest BCUT2D eigenvalue weighted by Crippen LogP contribution is -2.43. The molecule has 6 heteroatoms. The van der Waals surface area contributed by atoms with E-state index in [0.717, 1.165) is 25.3 Å². The van der Waals surface area contributed by atoms with E-state index in [4.69, 9.17) is 0 Å². The molecule has 1 aliphatic rings. The van der Waals surface area contributed by atoms with Gasteiger partial charge in [0.05, 0.1) is 4.90 Å². The first-order valence-electron chi connectivity index (χ1n) is 6.83. The maximum Gasteiger partial charge on any atom is 0.240 e. The van der Waals surface area contributed by atoms with Gasteiger partial charge in [-0.2, -0.15) is 0 Å². The van der Waals surface area contributed by atoms with Gasteiger partial charge in [0.2, 0.25) is 10.0 Å². The molecule has 2 atom stereocenters. The summed E-state index contributed by atoms with van der Waals surface area (Å²) in [6.07, 6.45) is 3.46. The SMILES string of the molecule is Cc1ccc(S(=O)(=O)NC2CCCCC2CO)cc1F. The molecule has 2 unspecified atom stereocenters. The lowest BCUT2D eigenvalue weighted by molar-refractivity contribution is 0.164. The summed E-state index contributed by atoms with van der Waals surface area (Å²) in [7, 11) is -3.74. The second kappa shape index (κ2) is 6.20. The van der Waals surface area contributed by atoms with E-state index < -0.39 is 15.8 Å². The van der Waals surface area contributed by atoms with Gasteiger partial charge in [-0.05, 0) is 43.4 Å². The maximum atomic E-state index is 13.5. The molecule has 1 aromatic carbocycles. The lowest BCUT2D eigenvalue weighted by Gasteiger charge is -2.30. The van der Waals surface area contributed by atoms with E-state index in [9.17, 15) is 17.9 Å². The number of rotatable bonds is 4. The predicted molar refractivity (Wildman–Crippen MR) is 74.3 cm³/mol. The molecule has 0 radical (unpaired) electrons. The highest BCUT2D eigenvalue weighted by molar-refractivity contribution is 7.89. The van der Waals surface area contributed by atoms with Crippen molar-refractivity contribution in [1.82, 2.24) is 4.72 Å². The zero-order valence-corrected chi connectivity index (χ0v) is 12.3. The number of hydrogen-bond acceptors (Lipinski definition) is 3. The Bertz CT molecular complexity index is 574. The summed E-state index contributed by atoms with van der Waals surface area (Å²) in [5, 5.41) is 9.31. The van der Waals surface area contributed by atoms with E-state index in [1.165, 1.54) is 12.1 Å². The summed E-state index contributed by atoms with van der Waals surface area (Å²) < 4.78 is 40.6. The van der Waals surface area contributed by atoms with Gasteiger partial charge in [0.15, 0.2) is 0 Å². The Morgan fingerprint density at radius 2 is 2.05 bits per heavy atom. The standard InChI is InChI=1S/C14H20FNO3S/c1-10-6-7-12(8-13(10)15)20(18,19)16-14-5-3-2-4-11(14)9-17/h6-8,11,14,16-17H,2-5,9H2,1H3. The highest BCUT2D eigenvalue weighted by Gasteiger charge is 2.29. The fraction of sp³-hybridized carbons (Fsp3) is 0.571. The highest BCUT2D eigenvalue weighted by Crippen LogP contribution is 2.25. The van der Waals surface area contributed by atoms with Crippen LogP contribution >= 0.6 is 0 Å². The average molecular weight is 301 g/mol. The second-order valence-corrected chi connectivity index (χ2v) is 7.08. The third kappa shape index (κ3) is 3.37. The molecule has 0 spiro atoms. The van der Waals surface area contributed by atoms with Crippen molar-refractivity contribution in [3.8, 4) is 0 Å². The van der Waals surface area contributed by atoms with Crippen LogP contribution in [-0.4, -0.2) is 26.2 Å². The molecular weight excluding hydrogens is 281 g/mol. The van der Waals surface area contributed by atoms with Gasteiger partial charge in [-0.1, -0.05) is 18.9 Å².